The maximum Gasteiger partial charge on any atom is 0.391 e. The highest BCUT2D eigenvalue weighted by Crippen LogP contribution is 2.40. The van der Waals surface area contributed by atoms with Gasteiger partial charge >= 0.3 is 6.18 Å². The van der Waals surface area contributed by atoms with Crippen molar-refractivity contribution in [2.24, 2.45) is 11.8 Å². The van der Waals surface area contributed by atoms with Gasteiger partial charge in [0.15, 0.2) is 0 Å². The first kappa shape index (κ1) is 34.1. The molecule has 1 fully saturated rings. The van der Waals surface area contributed by atoms with Gasteiger partial charge in [-0.3, -0.25) is 9.59 Å². The molecule has 3 rings (SSSR count). The number of hydrogen-bond acceptors (Lipinski definition) is 6. The fourth-order valence-corrected chi connectivity index (χ4v) is 4.88. The van der Waals surface area contributed by atoms with Crippen LogP contribution in [-0.4, -0.2) is 75.0 Å². The third-order valence-corrected chi connectivity index (χ3v) is 7.51. The fourth-order valence-electron chi connectivity index (χ4n) is 4.88. The number of alkyl halides is 3. The topological polar surface area (TPSA) is 90.0 Å². The number of rotatable bonds is 15. The molecular formula is C32H42F3N3O5. The van der Waals surface area contributed by atoms with Crippen molar-refractivity contribution in [3.8, 4) is 5.75 Å². The van der Waals surface area contributed by atoms with E-state index in [-0.39, 0.29) is 49.2 Å². The summed E-state index contributed by atoms with van der Waals surface area (Å²) in [6.07, 6.45) is 2.41. The van der Waals surface area contributed by atoms with E-state index in [9.17, 15) is 22.8 Å². The minimum atomic E-state index is -4.14. The van der Waals surface area contributed by atoms with Gasteiger partial charge in [0.05, 0.1) is 45.5 Å². The van der Waals surface area contributed by atoms with Gasteiger partial charge in [-0.15, -0.1) is 0 Å². The lowest BCUT2D eigenvalue weighted by Gasteiger charge is -2.28. The number of nitrogens with zero attached hydrogens (tertiary/aromatic N) is 2. The van der Waals surface area contributed by atoms with Gasteiger partial charge in [-0.05, 0) is 55.7 Å². The molecule has 0 atom stereocenters. The van der Waals surface area contributed by atoms with Crippen molar-refractivity contribution < 1.29 is 37.0 Å². The van der Waals surface area contributed by atoms with Crippen LogP contribution >= 0.6 is 0 Å². The van der Waals surface area contributed by atoms with Crippen LogP contribution in [0.15, 0.2) is 42.6 Å². The Morgan fingerprint density at radius 2 is 1.79 bits per heavy atom. The summed E-state index contributed by atoms with van der Waals surface area (Å²) in [6, 6.07) is 9.07. The second-order valence-corrected chi connectivity index (χ2v) is 10.6. The highest BCUT2D eigenvalue weighted by atomic mass is 19.4. The maximum atomic E-state index is 13.0. The molecule has 0 unspecified atom stereocenters. The van der Waals surface area contributed by atoms with Crippen LogP contribution in [0, 0.1) is 11.8 Å². The summed E-state index contributed by atoms with van der Waals surface area (Å²) in [6.45, 7) is 4.74. The molecule has 0 saturated heterocycles. The average Bonchev–Trinajstić information content (AvgIpc) is 3.00. The normalized spacial score (nSPS) is 17.2. The molecule has 11 heteroatoms. The van der Waals surface area contributed by atoms with Crippen LogP contribution in [0.2, 0.25) is 0 Å². The number of aromatic nitrogens is 1. The average molecular weight is 606 g/mol. The van der Waals surface area contributed by atoms with Crippen molar-refractivity contribution in [2.45, 2.75) is 51.7 Å². The molecule has 2 aromatic rings. The minimum Gasteiger partial charge on any atom is -0.495 e. The monoisotopic (exact) mass is 605 g/mol. The molecule has 8 nitrogen and oxygen atoms in total. The number of likely N-dealkylation sites (N-methyl/N-ethyl adjacent to an activating group) is 1. The van der Waals surface area contributed by atoms with E-state index >= 15 is 0 Å². The fraction of sp³-hybridized carbons (Fsp3) is 0.531. The predicted molar refractivity (Wildman–Crippen MR) is 158 cm³/mol. The quantitative estimate of drug-likeness (QED) is 0.272. The molecule has 1 N–H and O–H groups in total. The van der Waals surface area contributed by atoms with Crippen molar-refractivity contribution >= 4 is 17.9 Å². The summed E-state index contributed by atoms with van der Waals surface area (Å²) in [5.41, 5.74) is 2.49. The molecular weight excluding hydrogens is 563 g/mol. The first-order chi connectivity index (χ1) is 20.6. The molecule has 1 aliphatic rings. The zero-order valence-corrected chi connectivity index (χ0v) is 25.1. The number of benzene rings is 1. The summed E-state index contributed by atoms with van der Waals surface area (Å²) in [7, 11) is 3.23. The van der Waals surface area contributed by atoms with Gasteiger partial charge in [0.25, 0.3) is 5.91 Å². The van der Waals surface area contributed by atoms with E-state index in [4.69, 9.17) is 14.2 Å². The first-order valence-corrected chi connectivity index (χ1v) is 14.6. The molecule has 0 spiro atoms. The predicted octanol–water partition coefficient (Wildman–Crippen LogP) is 5.46. The van der Waals surface area contributed by atoms with Gasteiger partial charge in [-0.25, -0.2) is 4.98 Å². The number of halogens is 3. The van der Waals surface area contributed by atoms with Gasteiger partial charge in [-0.2, -0.15) is 13.2 Å². The van der Waals surface area contributed by atoms with Crippen LogP contribution < -0.4 is 10.1 Å². The zero-order chi connectivity index (χ0) is 31.2. The second-order valence-electron chi connectivity index (χ2n) is 10.6. The number of hydrogen-bond donors (Lipinski definition) is 1. The molecule has 1 aromatic carbocycles. The maximum absolute atomic E-state index is 13.0. The van der Waals surface area contributed by atoms with E-state index in [1.165, 1.54) is 13.3 Å². The lowest BCUT2D eigenvalue weighted by atomic mass is 9.81. The third kappa shape index (κ3) is 11.3. The van der Waals surface area contributed by atoms with Crippen LogP contribution in [0.1, 0.15) is 59.8 Å². The van der Waals surface area contributed by atoms with Crippen LogP contribution in [0.25, 0.3) is 6.08 Å². The lowest BCUT2D eigenvalue weighted by molar-refractivity contribution is -0.183. The standard InChI is InChI=1S/C32H42F3N3O5/c1-4-42-16-17-43-15-14-38(2)30(39)19-24-6-5-7-25(18-24)21-37-31(40)28-20-26(29(41-3)22-36-28)11-8-23-9-12-27(13-10-23)32(33,34)35/h5-8,11,18,20,22-23,27H,4,9-10,12-17,19,21H2,1-3H3,(H,37,40)/b11-8+/t23-,27-. The van der Waals surface area contributed by atoms with Crippen molar-refractivity contribution in [1.29, 1.82) is 0 Å². The Morgan fingerprint density at radius 3 is 2.49 bits per heavy atom. The van der Waals surface area contributed by atoms with Gasteiger partial charge in [0.1, 0.15) is 11.4 Å². The Balaban J connectivity index is 1.52. The number of allylic oxidation sites excluding steroid dienone is 1. The van der Waals surface area contributed by atoms with Gasteiger partial charge in [0, 0.05) is 32.3 Å². The third-order valence-electron chi connectivity index (χ3n) is 7.51. The summed E-state index contributed by atoms with van der Waals surface area (Å²) < 4.78 is 55.0. The van der Waals surface area contributed by atoms with Crippen LogP contribution in [0.3, 0.4) is 0 Å². The van der Waals surface area contributed by atoms with E-state index < -0.39 is 12.1 Å². The Labute approximate surface area is 251 Å². The van der Waals surface area contributed by atoms with Crippen molar-refractivity contribution in [3.05, 3.63) is 65.0 Å². The SMILES string of the molecule is CCOCCOCCN(C)C(=O)Cc1cccc(CNC(=O)c2cc(/C=C/[C@H]3CC[C@H](C(F)(F)F)CC3)c(OC)cn2)c1. The minimum absolute atomic E-state index is 0.0340. The number of amides is 2. The molecule has 1 aliphatic carbocycles. The summed E-state index contributed by atoms with van der Waals surface area (Å²) >= 11 is 0. The molecule has 1 aromatic heterocycles. The van der Waals surface area contributed by atoms with Gasteiger partial charge < -0.3 is 24.4 Å². The molecule has 43 heavy (non-hydrogen) atoms. The van der Waals surface area contributed by atoms with E-state index in [1.54, 1.807) is 24.1 Å². The smallest absolute Gasteiger partial charge is 0.391 e. The molecule has 1 saturated carbocycles. The number of nitrogens with one attached hydrogen (secondary N) is 1. The van der Waals surface area contributed by atoms with Crippen molar-refractivity contribution in [2.75, 3.05) is 47.1 Å². The molecule has 236 valence electrons. The van der Waals surface area contributed by atoms with E-state index in [2.05, 4.69) is 10.3 Å². The van der Waals surface area contributed by atoms with Crippen molar-refractivity contribution in [1.82, 2.24) is 15.2 Å². The van der Waals surface area contributed by atoms with Gasteiger partial charge in [0.2, 0.25) is 5.91 Å². The lowest BCUT2D eigenvalue weighted by Crippen LogP contribution is -2.31. The number of ether oxygens (including phenoxy) is 3. The van der Waals surface area contributed by atoms with Crippen LogP contribution in [0.5, 0.6) is 5.75 Å². The molecule has 0 aliphatic heterocycles. The highest BCUT2D eigenvalue weighted by Gasteiger charge is 2.40. The number of carbonyl (C=O) groups excluding carboxylic acids is 2. The molecule has 0 bridgehead atoms. The molecule has 1 heterocycles. The Bertz CT molecular complexity index is 1210. The Hall–Kier alpha value is -3.44. The highest BCUT2D eigenvalue weighted by molar-refractivity contribution is 5.93. The van der Waals surface area contributed by atoms with E-state index in [1.807, 2.05) is 37.3 Å². The number of carbonyl (C=O) groups is 2. The summed E-state index contributed by atoms with van der Waals surface area (Å²) in [4.78, 5) is 31.4. The first-order valence-electron chi connectivity index (χ1n) is 14.6. The van der Waals surface area contributed by atoms with Crippen LogP contribution in [0.4, 0.5) is 13.2 Å². The van der Waals surface area contributed by atoms with Crippen molar-refractivity contribution in [3.63, 3.8) is 0 Å². The second kappa shape index (κ2) is 17.0. The van der Waals surface area contributed by atoms with Gasteiger partial charge in [-0.1, -0.05) is 36.4 Å². The zero-order valence-electron chi connectivity index (χ0n) is 25.1. The number of pyridine rings is 1. The van der Waals surface area contributed by atoms with E-state index in [0.717, 1.165) is 11.1 Å². The Morgan fingerprint density at radius 1 is 1.07 bits per heavy atom. The molecule has 0 radical (unpaired) electrons. The molecule has 2 amide bonds. The summed E-state index contributed by atoms with van der Waals surface area (Å²) in [5.74, 6) is -1.14. The Kier molecular flexibility index (Phi) is 13.5. The summed E-state index contributed by atoms with van der Waals surface area (Å²) in [5, 5.41) is 2.86. The van der Waals surface area contributed by atoms with Crippen LogP contribution in [-0.2, 0) is 27.2 Å². The largest absolute Gasteiger partial charge is 0.495 e. The van der Waals surface area contributed by atoms with E-state index in [0.29, 0.717) is 57.1 Å². The number of methoxy groups -OCH3 is 1.